The fourth-order valence-electron chi connectivity index (χ4n) is 1.73. The van der Waals surface area contributed by atoms with Crippen LogP contribution in [0.2, 0.25) is 0 Å². The molecule has 0 aliphatic carbocycles. The maximum Gasteiger partial charge on any atom is 0.321 e. The van der Waals surface area contributed by atoms with Crippen molar-refractivity contribution < 1.29 is 4.79 Å². The fourth-order valence-corrected chi connectivity index (χ4v) is 1.73. The van der Waals surface area contributed by atoms with Gasteiger partial charge in [-0.25, -0.2) is 4.79 Å². The number of anilines is 2. The van der Waals surface area contributed by atoms with Crippen molar-refractivity contribution in [2.45, 2.75) is 6.42 Å². The predicted octanol–water partition coefficient (Wildman–Crippen LogP) is 2.37. The van der Waals surface area contributed by atoms with Crippen molar-refractivity contribution in [2.24, 2.45) is 0 Å². The summed E-state index contributed by atoms with van der Waals surface area (Å²) in [6.07, 6.45) is 4.31. The third-order valence-electron chi connectivity index (χ3n) is 2.99. The average Bonchev–Trinajstić information content (AvgIpc) is 2.48. The maximum atomic E-state index is 12.0. The number of nitrogen functional groups attached to an aromatic ring is 1. The molecular weight excluding hydrogens is 252 g/mol. The summed E-state index contributed by atoms with van der Waals surface area (Å²) >= 11 is 0. The number of pyridine rings is 1. The van der Waals surface area contributed by atoms with E-state index in [0.29, 0.717) is 12.2 Å². The number of benzene rings is 1. The van der Waals surface area contributed by atoms with Crippen molar-refractivity contribution in [3.05, 3.63) is 54.4 Å². The van der Waals surface area contributed by atoms with Crippen LogP contribution >= 0.6 is 0 Å². The Kier molecular flexibility index (Phi) is 4.55. The average molecular weight is 270 g/mol. The molecule has 0 fully saturated rings. The molecule has 104 valence electrons. The highest BCUT2D eigenvalue weighted by Crippen LogP contribution is 2.11. The SMILES string of the molecule is CN(CCc1ccncc1)C(=O)Nc1ccc(N)cc1. The molecule has 0 aliphatic rings. The molecule has 2 aromatic rings. The number of nitrogens with one attached hydrogen (secondary N) is 1. The van der Waals surface area contributed by atoms with Crippen molar-refractivity contribution in [2.75, 3.05) is 24.6 Å². The number of nitrogens with zero attached hydrogens (tertiary/aromatic N) is 2. The lowest BCUT2D eigenvalue weighted by Crippen LogP contribution is -2.32. The first-order valence-electron chi connectivity index (χ1n) is 6.42. The Bertz CT molecular complexity index is 554. The molecule has 0 bridgehead atoms. The molecule has 1 heterocycles. The summed E-state index contributed by atoms with van der Waals surface area (Å²) < 4.78 is 0. The van der Waals surface area contributed by atoms with Crippen LogP contribution < -0.4 is 11.1 Å². The first kappa shape index (κ1) is 13.9. The minimum atomic E-state index is -0.135. The van der Waals surface area contributed by atoms with Gasteiger partial charge in [0.1, 0.15) is 0 Å². The number of aromatic nitrogens is 1. The van der Waals surface area contributed by atoms with E-state index in [1.807, 2.05) is 12.1 Å². The van der Waals surface area contributed by atoms with Gasteiger partial charge in [0.2, 0.25) is 0 Å². The monoisotopic (exact) mass is 270 g/mol. The summed E-state index contributed by atoms with van der Waals surface area (Å²) in [4.78, 5) is 17.6. The molecular formula is C15H18N4O. The summed E-state index contributed by atoms with van der Waals surface area (Å²) in [6, 6.07) is 10.8. The Labute approximate surface area is 118 Å². The third-order valence-corrected chi connectivity index (χ3v) is 2.99. The van der Waals surface area contributed by atoms with Gasteiger partial charge in [-0.3, -0.25) is 4.98 Å². The molecule has 0 saturated carbocycles. The second-order valence-electron chi connectivity index (χ2n) is 4.58. The zero-order chi connectivity index (χ0) is 14.4. The van der Waals surface area contributed by atoms with Crippen molar-refractivity contribution in [1.82, 2.24) is 9.88 Å². The van der Waals surface area contributed by atoms with Crippen molar-refractivity contribution in [3.8, 4) is 0 Å². The van der Waals surface area contributed by atoms with E-state index in [1.54, 1.807) is 48.6 Å². The van der Waals surface area contributed by atoms with Gasteiger partial charge in [0.05, 0.1) is 0 Å². The van der Waals surface area contributed by atoms with Gasteiger partial charge < -0.3 is 16.0 Å². The van der Waals surface area contributed by atoms with E-state index in [9.17, 15) is 4.79 Å². The molecule has 5 heteroatoms. The maximum absolute atomic E-state index is 12.0. The summed E-state index contributed by atoms with van der Waals surface area (Å²) in [7, 11) is 1.77. The number of carbonyl (C=O) groups is 1. The van der Waals surface area contributed by atoms with E-state index < -0.39 is 0 Å². The summed E-state index contributed by atoms with van der Waals surface area (Å²) in [6.45, 7) is 0.644. The molecule has 0 atom stereocenters. The highest BCUT2D eigenvalue weighted by Gasteiger charge is 2.08. The van der Waals surface area contributed by atoms with E-state index in [-0.39, 0.29) is 6.03 Å². The van der Waals surface area contributed by atoms with Crippen LogP contribution in [-0.4, -0.2) is 29.5 Å². The minimum absolute atomic E-state index is 0.135. The number of nitrogens with two attached hydrogens (primary N) is 1. The van der Waals surface area contributed by atoms with Crippen LogP contribution in [0.4, 0.5) is 16.2 Å². The molecule has 20 heavy (non-hydrogen) atoms. The van der Waals surface area contributed by atoms with Crippen LogP contribution in [0.15, 0.2) is 48.8 Å². The molecule has 0 unspecified atom stereocenters. The normalized spacial score (nSPS) is 10.1. The lowest BCUT2D eigenvalue weighted by atomic mass is 10.2. The summed E-state index contributed by atoms with van der Waals surface area (Å²) in [5.41, 5.74) is 8.17. The van der Waals surface area contributed by atoms with E-state index in [0.717, 1.165) is 17.7 Å². The Morgan fingerprint density at radius 3 is 2.50 bits per heavy atom. The zero-order valence-electron chi connectivity index (χ0n) is 11.4. The summed E-state index contributed by atoms with van der Waals surface area (Å²) in [5.74, 6) is 0. The largest absolute Gasteiger partial charge is 0.399 e. The summed E-state index contributed by atoms with van der Waals surface area (Å²) in [5, 5.41) is 2.82. The number of rotatable bonds is 4. The predicted molar refractivity (Wildman–Crippen MR) is 80.4 cm³/mol. The second-order valence-corrected chi connectivity index (χ2v) is 4.58. The van der Waals surface area contributed by atoms with Gasteiger partial charge in [0.25, 0.3) is 0 Å². The van der Waals surface area contributed by atoms with Gasteiger partial charge in [0.15, 0.2) is 0 Å². The molecule has 2 amide bonds. The Balaban J connectivity index is 1.84. The molecule has 0 aliphatic heterocycles. The van der Waals surface area contributed by atoms with Gasteiger partial charge in [-0.15, -0.1) is 0 Å². The highest BCUT2D eigenvalue weighted by atomic mass is 16.2. The number of carbonyl (C=O) groups excluding carboxylic acids is 1. The second kappa shape index (κ2) is 6.56. The number of amides is 2. The van der Waals surface area contributed by atoms with E-state index in [2.05, 4.69) is 10.3 Å². The first-order chi connectivity index (χ1) is 9.65. The highest BCUT2D eigenvalue weighted by molar-refractivity contribution is 5.89. The van der Waals surface area contributed by atoms with Crippen LogP contribution in [0, 0.1) is 0 Å². The standard InChI is InChI=1S/C15H18N4O/c1-19(11-8-12-6-9-17-10-7-12)15(20)18-14-4-2-13(16)3-5-14/h2-7,9-10H,8,11,16H2,1H3,(H,18,20). The van der Waals surface area contributed by atoms with Gasteiger partial charge >= 0.3 is 6.03 Å². The molecule has 1 aromatic carbocycles. The molecule has 0 spiro atoms. The van der Waals surface area contributed by atoms with Crippen LogP contribution in [0.25, 0.3) is 0 Å². The molecule has 0 radical (unpaired) electrons. The zero-order valence-corrected chi connectivity index (χ0v) is 11.4. The van der Waals surface area contributed by atoms with Gasteiger partial charge in [0, 0.05) is 37.4 Å². The van der Waals surface area contributed by atoms with Crippen LogP contribution in [0.1, 0.15) is 5.56 Å². The van der Waals surface area contributed by atoms with Crippen molar-refractivity contribution in [1.29, 1.82) is 0 Å². The first-order valence-corrected chi connectivity index (χ1v) is 6.42. The molecule has 2 rings (SSSR count). The quantitative estimate of drug-likeness (QED) is 0.838. The van der Waals surface area contributed by atoms with Gasteiger partial charge in [-0.1, -0.05) is 0 Å². The number of urea groups is 1. The fraction of sp³-hybridized carbons (Fsp3) is 0.200. The topological polar surface area (TPSA) is 71.2 Å². The van der Waals surface area contributed by atoms with E-state index in [4.69, 9.17) is 5.73 Å². The van der Waals surface area contributed by atoms with E-state index in [1.165, 1.54) is 0 Å². The smallest absolute Gasteiger partial charge is 0.321 e. The Morgan fingerprint density at radius 2 is 1.85 bits per heavy atom. The number of hydrogen-bond acceptors (Lipinski definition) is 3. The molecule has 0 saturated heterocycles. The molecule has 1 aromatic heterocycles. The number of likely N-dealkylation sites (N-methyl/N-ethyl adjacent to an activating group) is 1. The van der Waals surface area contributed by atoms with Crippen LogP contribution in [0.3, 0.4) is 0 Å². The van der Waals surface area contributed by atoms with Crippen molar-refractivity contribution >= 4 is 17.4 Å². The van der Waals surface area contributed by atoms with E-state index >= 15 is 0 Å². The molecule has 3 N–H and O–H groups in total. The Hall–Kier alpha value is -2.56. The number of hydrogen-bond donors (Lipinski definition) is 2. The Morgan fingerprint density at radius 1 is 1.20 bits per heavy atom. The lowest BCUT2D eigenvalue weighted by Gasteiger charge is -2.18. The van der Waals surface area contributed by atoms with Gasteiger partial charge in [-0.05, 0) is 48.4 Å². The van der Waals surface area contributed by atoms with Crippen molar-refractivity contribution in [3.63, 3.8) is 0 Å². The van der Waals surface area contributed by atoms with Gasteiger partial charge in [-0.2, -0.15) is 0 Å². The van der Waals surface area contributed by atoms with Crippen LogP contribution in [0.5, 0.6) is 0 Å². The third kappa shape index (κ3) is 3.98. The minimum Gasteiger partial charge on any atom is -0.399 e. The lowest BCUT2D eigenvalue weighted by molar-refractivity contribution is 0.223. The molecule has 5 nitrogen and oxygen atoms in total. The van der Waals surface area contributed by atoms with Crippen LogP contribution in [-0.2, 0) is 6.42 Å².